The monoisotopic (exact) mass is 310 g/mol. The maximum atomic E-state index is 12.3. The van der Waals surface area contributed by atoms with Crippen molar-refractivity contribution in [2.75, 3.05) is 11.9 Å². The first-order valence-electron chi connectivity index (χ1n) is 7.48. The fraction of sp³-hybridized carbons (Fsp3) is 0.562. The summed E-state index contributed by atoms with van der Waals surface area (Å²) in [6.45, 7) is 4.46. The number of nitrogens with one attached hydrogen (secondary N) is 1. The van der Waals surface area contributed by atoms with Gasteiger partial charge in [-0.15, -0.1) is 0 Å². The molecule has 0 aromatic heterocycles. The number of halogens is 1. The highest BCUT2D eigenvalue weighted by Gasteiger charge is 2.31. The highest BCUT2D eigenvalue weighted by Crippen LogP contribution is 2.33. The van der Waals surface area contributed by atoms with Gasteiger partial charge in [0.1, 0.15) is 5.75 Å². The average molecular weight is 311 g/mol. The average Bonchev–Trinajstić information content (AvgIpc) is 2.90. The van der Waals surface area contributed by atoms with Gasteiger partial charge in [0.2, 0.25) is 5.91 Å². The van der Waals surface area contributed by atoms with Gasteiger partial charge in [-0.05, 0) is 57.4 Å². The SMILES string of the molecule is CC(C)Oc1ccc(NC(=O)[C@@H]2CCC[C@@H]2CN)cc1Cl. The largest absolute Gasteiger partial charge is 0.489 e. The van der Waals surface area contributed by atoms with E-state index in [0.717, 1.165) is 19.3 Å². The van der Waals surface area contributed by atoms with E-state index in [2.05, 4.69) is 5.32 Å². The van der Waals surface area contributed by atoms with Crippen molar-refractivity contribution in [1.82, 2.24) is 0 Å². The first-order chi connectivity index (χ1) is 10.0. The van der Waals surface area contributed by atoms with Crippen molar-refractivity contribution in [3.8, 4) is 5.75 Å². The summed E-state index contributed by atoms with van der Waals surface area (Å²) in [7, 11) is 0. The standard InChI is InChI=1S/C16H23ClN2O2/c1-10(2)21-15-7-6-12(8-14(15)17)19-16(20)13-5-3-4-11(13)9-18/h6-8,10-11,13H,3-5,9,18H2,1-2H3,(H,19,20)/t11-,13-/m1/s1. The van der Waals surface area contributed by atoms with Crippen LogP contribution in [0.4, 0.5) is 5.69 Å². The molecule has 0 spiro atoms. The molecule has 0 heterocycles. The van der Waals surface area contributed by atoms with Crippen molar-refractivity contribution < 1.29 is 9.53 Å². The zero-order valence-electron chi connectivity index (χ0n) is 12.6. The van der Waals surface area contributed by atoms with Crippen LogP contribution in [0.5, 0.6) is 5.75 Å². The van der Waals surface area contributed by atoms with Gasteiger partial charge >= 0.3 is 0 Å². The number of rotatable bonds is 5. The molecule has 0 saturated heterocycles. The van der Waals surface area contributed by atoms with E-state index in [1.807, 2.05) is 19.9 Å². The van der Waals surface area contributed by atoms with E-state index in [4.69, 9.17) is 22.1 Å². The van der Waals surface area contributed by atoms with Crippen molar-refractivity contribution in [2.45, 2.75) is 39.2 Å². The second kappa shape index (κ2) is 7.14. The smallest absolute Gasteiger partial charge is 0.227 e. The van der Waals surface area contributed by atoms with E-state index in [1.165, 1.54) is 0 Å². The molecule has 3 N–H and O–H groups in total. The Morgan fingerprint density at radius 1 is 1.48 bits per heavy atom. The number of carbonyl (C=O) groups excluding carboxylic acids is 1. The fourth-order valence-electron chi connectivity index (χ4n) is 2.83. The molecule has 4 nitrogen and oxygen atoms in total. The number of hydrogen-bond acceptors (Lipinski definition) is 3. The topological polar surface area (TPSA) is 64.3 Å². The van der Waals surface area contributed by atoms with Crippen LogP contribution in [0.2, 0.25) is 5.02 Å². The van der Waals surface area contributed by atoms with E-state index in [9.17, 15) is 4.79 Å². The highest BCUT2D eigenvalue weighted by molar-refractivity contribution is 6.32. The van der Waals surface area contributed by atoms with Crippen LogP contribution in [0.3, 0.4) is 0 Å². The van der Waals surface area contributed by atoms with Crippen LogP contribution >= 0.6 is 11.6 Å². The van der Waals surface area contributed by atoms with Gasteiger partial charge in [0.25, 0.3) is 0 Å². The molecule has 2 rings (SSSR count). The Labute approximate surface area is 131 Å². The number of hydrogen-bond donors (Lipinski definition) is 2. The summed E-state index contributed by atoms with van der Waals surface area (Å²) < 4.78 is 5.58. The lowest BCUT2D eigenvalue weighted by molar-refractivity contribution is -0.120. The van der Waals surface area contributed by atoms with E-state index >= 15 is 0 Å². The maximum absolute atomic E-state index is 12.3. The predicted octanol–water partition coefficient (Wildman–Crippen LogP) is 3.44. The van der Waals surface area contributed by atoms with Crippen LogP contribution in [-0.4, -0.2) is 18.6 Å². The van der Waals surface area contributed by atoms with Gasteiger partial charge in [-0.25, -0.2) is 0 Å². The number of ether oxygens (including phenoxy) is 1. The van der Waals surface area contributed by atoms with E-state index < -0.39 is 0 Å². The predicted molar refractivity (Wildman–Crippen MR) is 85.7 cm³/mol. The lowest BCUT2D eigenvalue weighted by atomic mass is 9.95. The van der Waals surface area contributed by atoms with Gasteiger partial charge in [-0.3, -0.25) is 4.79 Å². The van der Waals surface area contributed by atoms with Crippen molar-refractivity contribution in [3.63, 3.8) is 0 Å². The summed E-state index contributed by atoms with van der Waals surface area (Å²) in [5.74, 6) is 0.978. The lowest BCUT2D eigenvalue weighted by Crippen LogP contribution is -2.29. The quantitative estimate of drug-likeness (QED) is 0.875. The minimum Gasteiger partial charge on any atom is -0.489 e. The number of nitrogens with two attached hydrogens (primary N) is 1. The minimum atomic E-state index is 0.0142. The molecule has 1 aliphatic carbocycles. The van der Waals surface area contributed by atoms with Gasteiger partial charge in [-0.2, -0.15) is 0 Å². The Morgan fingerprint density at radius 2 is 2.24 bits per heavy atom. The molecule has 1 amide bonds. The summed E-state index contributed by atoms with van der Waals surface area (Å²) in [6, 6.07) is 5.32. The molecule has 5 heteroatoms. The normalized spacial score (nSPS) is 21.6. The summed E-state index contributed by atoms with van der Waals surface area (Å²) in [5.41, 5.74) is 6.43. The van der Waals surface area contributed by atoms with Crippen LogP contribution in [0.1, 0.15) is 33.1 Å². The molecule has 21 heavy (non-hydrogen) atoms. The molecule has 116 valence electrons. The third kappa shape index (κ3) is 4.11. The Bertz CT molecular complexity index is 505. The second-order valence-corrected chi connectivity index (χ2v) is 6.24. The van der Waals surface area contributed by atoms with Gasteiger partial charge in [0, 0.05) is 11.6 Å². The van der Waals surface area contributed by atoms with Crippen LogP contribution < -0.4 is 15.8 Å². The van der Waals surface area contributed by atoms with Crippen LogP contribution in [-0.2, 0) is 4.79 Å². The van der Waals surface area contributed by atoms with Crippen molar-refractivity contribution in [1.29, 1.82) is 0 Å². The molecule has 0 bridgehead atoms. The first-order valence-corrected chi connectivity index (χ1v) is 7.86. The molecular formula is C16H23ClN2O2. The fourth-order valence-corrected chi connectivity index (χ4v) is 3.05. The summed E-state index contributed by atoms with van der Waals surface area (Å²) in [6.07, 6.45) is 3.08. The first kappa shape index (κ1) is 16.1. The van der Waals surface area contributed by atoms with Gasteiger partial charge in [0.05, 0.1) is 11.1 Å². The molecule has 1 aromatic carbocycles. The van der Waals surface area contributed by atoms with E-state index in [0.29, 0.717) is 28.9 Å². The second-order valence-electron chi connectivity index (χ2n) is 5.83. The lowest BCUT2D eigenvalue weighted by Gasteiger charge is -2.18. The zero-order chi connectivity index (χ0) is 15.4. The number of amides is 1. The number of benzene rings is 1. The molecule has 2 atom stereocenters. The van der Waals surface area contributed by atoms with Crippen LogP contribution in [0.15, 0.2) is 18.2 Å². The van der Waals surface area contributed by atoms with E-state index in [1.54, 1.807) is 12.1 Å². The summed E-state index contributed by atoms with van der Waals surface area (Å²) in [5, 5.41) is 3.44. The van der Waals surface area contributed by atoms with Gasteiger partial charge in [0.15, 0.2) is 0 Å². The van der Waals surface area contributed by atoms with Crippen LogP contribution in [0.25, 0.3) is 0 Å². The third-order valence-electron chi connectivity index (χ3n) is 3.86. The molecule has 1 saturated carbocycles. The van der Waals surface area contributed by atoms with Crippen molar-refractivity contribution >= 4 is 23.2 Å². The van der Waals surface area contributed by atoms with Crippen molar-refractivity contribution in [2.24, 2.45) is 17.6 Å². The molecular weight excluding hydrogens is 288 g/mol. The molecule has 1 aromatic rings. The molecule has 0 aliphatic heterocycles. The summed E-state index contributed by atoms with van der Waals surface area (Å²) in [4.78, 5) is 12.3. The van der Waals surface area contributed by atoms with Gasteiger partial charge < -0.3 is 15.8 Å². The Balaban J connectivity index is 2.02. The molecule has 0 unspecified atom stereocenters. The molecule has 0 radical (unpaired) electrons. The van der Waals surface area contributed by atoms with Gasteiger partial charge in [-0.1, -0.05) is 18.0 Å². The Morgan fingerprint density at radius 3 is 2.86 bits per heavy atom. The van der Waals surface area contributed by atoms with Crippen molar-refractivity contribution in [3.05, 3.63) is 23.2 Å². The highest BCUT2D eigenvalue weighted by atomic mass is 35.5. The number of anilines is 1. The summed E-state index contributed by atoms with van der Waals surface area (Å²) >= 11 is 6.18. The van der Waals surface area contributed by atoms with Crippen LogP contribution in [0, 0.1) is 11.8 Å². The van der Waals surface area contributed by atoms with E-state index in [-0.39, 0.29) is 17.9 Å². The Kier molecular flexibility index (Phi) is 5.48. The minimum absolute atomic E-state index is 0.0142. The maximum Gasteiger partial charge on any atom is 0.227 e. The number of carbonyl (C=O) groups is 1. The molecule has 1 aliphatic rings. The third-order valence-corrected chi connectivity index (χ3v) is 4.16. The Hall–Kier alpha value is -1.26. The molecule has 1 fully saturated rings. The zero-order valence-corrected chi connectivity index (χ0v) is 13.3.